The standard InChI is InChI=1S/C17H15F3O/c1-8-5-9(2)11(4)15(10(8)3)17(21)12-6-13(18)16(20)14(19)7-12/h5-7H,1-4H3. The summed E-state index contributed by atoms with van der Waals surface area (Å²) >= 11 is 0. The van der Waals surface area contributed by atoms with Crippen LogP contribution in [0, 0.1) is 45.1 Å². The van der Waals surface area contributed by atoms with E-state index in [1.807, 2.05) is 19.9 Å². The van der Waals surface area contributed by atoms with Gasteiger partial charge in [-0.15, -0.1) is 0 Å². The second-order valence-corrected chi connectivity index (χ2v) is 5.22. The van der Waals surface area contributed by atoms with Crippen molar-refractivity contribution in [3.8, 4) is 0 Å². The molecule has 1 nitrogen and oxygen atoms in total. The predicted octanol–water partition coefficient (Wildman–Crippen LogP) is 4.57. The largest absolute Gasteiger partial charge is 0.289 e. The van der Waals surface area contributed by atoms with E-state index in [-0.39, 0.29) is 5.56 Å². The summed E-state index contributed by atoms with van der Waals surface area (Å²) in [6, 6.07) is 3.42. The average molecular weight is 292 g/mol. The van der Waals surface area contributed by atoms with Crippen molar-refractivity contribution in [1.82, 2.24) is 0 Å². The van der Waals surface area contributed by atoms with Gasteiger partial charge in [0.2, 0.25) is 0 Å². The van der Waals surface area contributed by atoms with Crippen LogP contribution >= 0.6 is 0 Å². The Hall–Kier alpha value is -2.10. The van der Waals surface area contributed by atoms with E-state index in [9.17, 15) is 18.0 Å². The summed E-state index contributed by atoms with van der Waals surface area (Å²) < 4.78 is 39.6. The molecular formula is C17H15F3O. The molecule has 0 unspecified atom stereocenters. The van der Waals surface area contributed by atoms with Crippen molar-refractivity contribution in [3.05, 3.63) is 69.0 Å². The van der Waals surface area contributed by atoms with Gasteiger partial charge in [0.1, 0.15) is 0 Å². The molecule has 0 fully saturated rings. The quantitative estimate of drug-likeness (QED) is 0.585. The van der Waals surface area contributed by atoms with E-state index in [1.54, 1.807) is 13.8 Å². The van der Waals surface area contributed by atoms with Crippen LogP contribution in [0.25, 0.3) is 0 Å². The molecule has 0 saturated heterocycles. The minimum atomic E-state index is -1.57. The molecule has 110 valence electrons. The van der Waals surface area contributed by atoms with Crippen LogP contribution < -0.4 is 0 Å². The number of carbonyl (C=O) groups excluding carboxylic acids is 1. The molecule has 0 aromatic heterocycles. The van der Waals surface area contributed by atoms with Gasteiger partial charge < -0.3 is 0 Å². The highest BCUT2D eigenvalue weighted by Crippen LogP contribution is 2.25. The van der Waals surface area contributed by atoms with Gasteiger partial charge in [-0.2, -0.15) is 0 Å². The molecule has 2 rings (SSSR count). The molecule has 0 aliphatic carbocycles. The van der Waals surface area contributed by atoms with Gasteiger partial charge in [0.15, 0.2) is 23.2 Å². The van der Waals surface area contributed by atoms with E-state index in [2.05, 4.69) is 0 Å². The van der Waals surface area contributed by atoms with Gasteiger partial charge in [0.05, 0.1) is 0 Å². The normalized spacial score (nSPS) is 10.8. The van der Waals surface area contributed by atoms with Gasteiger partial charge in [-0.05, 0) is 62.1 Å². The van der Waals surface area contributed by atoms with Crippen molar-refractivity contribution in [1.29, 1.82) is 0 Å². The Balaban J connectivity index is 2.66. The van der Waals surface area contributed by atoms with Crippen LogP contribution in [0.3, 0.4) is 0 Å². The van der Waals surface area contributed by atoms with Crippen LogP contribution in [0.1, 0.15) is 38.2 Å². The highest BCUT2D eigenvalue weighted by Gasteiger charge is 2.20. The lowest BCUT2D eigenvalue weighted by Gasteiger charge is -2.14. The lowest BCUT2D eigenvalue weighted by Crippen LogP contribution is -2.10. The number of halogens is 3. The smallest absolute Gasteiger partial charge is 0.194 e. The summed E-state index contributed by atoms with van der Waals surface area (Å²) in [7, 11) is 0. The molecule has 0 aliphatic heterocycles. The van der Waals surface area contributed by atoms with Crippen molar-refractivity contribution >= 4 is 5.78 Å². The van der Waals surface area contributed by atoms with E-state index < -0.39 is 23.2 Å². The van der Waals surface area contributed by atoms with E-state index in [4.69, 9.17) is 0 Å². The zero-order chi connectivity index (χ0) is 15.9. The Bertz CT molecular complexity index is 699. The number of benzene rings is 2. The minimum absolute atomic E-state index is 0.192. The van der Waals surface area contributed by atoms with E-state index in [0.717, 1.165) is 34.4 Å². The number of carbonyl (C=O) groups is 1. The van der Waals surface area contributed by atoms with E-state index in [0.29, 0.717) is 5.56 Å². The second kappa shape index (κ2) is 5.35. The zero-order valence-electron chi connectivity index (χ0n) is 12.3. The Kier molecular flexibility index (Phi) is 3.90. The lowest BCUT2D eigenvalue weighted by atomic mass is 9.89. The molecule has 2 aromatic carbocycles. The molecule has 0 aliphatic rings. The first-order valence-corrected chi connectivity index (χ1v) is 6.50. The van der Waals surface area contributed by atoms with Gasteiger partial charge in [0, 0.05) is 11.1 Å². The van der Waals surface area contributed by atoms with Crippen molar-refractivity contribution < 1.29 is 18.0 Å². The molecule has 2 aromatic rings. The maximum absolute atomic E-state index is 13.3. The highest BCUT2D eigenvalue weighted by molar-refractivity contribution is 6.11. The van der Waals surface area contributed by atoms with Crippen molar-refractivity contribution in [3.63, 3.8) is 0 Å². The summed E-state index contributed by atoms with van der Waals surface area (Å²) in [6.45, 7) is 7.30. The first kappa shape index (κ1) is 15.3. The Labute approximate surface area is 121 Å². The molecule has 0 spiro atoms. The maximum atomic E-state index is 13.3. The molecular weight excluding hydrogens is 277 g/mol. The van der Waals surface area contributed by atoms with Crippen LogP contribution in [-0.4, -0.2) is 5.78 Å². The minimum Gasteiger partial charge on any atom is -0.289 e. The molecule has 0 heterocycles. The molecule has 21 heavy (non-hydrogen) atoms. The third-order valence-corrected chi connectivity index (χ3v) is 3.84. The van der Waals surface area contributed by atoms with Gasteiger partial charge in [0.25, 0.3) is 0 Å². The number of rotatable bonds is 2. The zero-order valence-corrected chi connectivity index (χ0v) is 12.3. The number of aryl methyl sites for hydroxylation is 2. The Morgan fingerprint density at radius 1 is 0.810 bits per heavy atom. The van der Waals surface area contributed by atoms with Gasteiger partial charge in [-0.3, -0.25) is 4.79 Å². The fourth-order valence-corrected chi connectivity index (χ4v) is 2.39. The monoisotopic (exact) mass is 292 g/mol. The molecule has 0 atom stereocenters. The summed E-state index contributed by atoms with van der Waals surface area (Å²) in [6.07, 6.45) is 0. The van der Waals surface area contributed by atoms with E-state index >= 15 is 0 Å². The lowest BCUT2D eigenvalue weighted by molar-refractivity contribution is 0.103. The highest BCUT2D eigenvalue weighted by atomic mass is 19.2. The fourth-order valence-electron chi connectivity index (χ4n) is 2.39. The van der Waals surface area contributed by atoms with Crippen LogP contribution in [0.2, 0.25) is 0 Å². The summed E-state index contributed by atoms with van der Waals surface area (Å²) in [5.74, 6) is -4.80. The van der Waals surface area contributed by atoms with Gasteiger partial charge in [-0.1, -0.05) is 6.07 Å². The summed E-state index contributed by atoms with van der Waals surface area (Å²) in [5, 5.41) is 0. The third kappa shape index (κ3) is 2.58. The molecule has 4 heteroatoms. The fraction of sp³-hybridized carbons (Fsp3) is 0.235. The Morgan fingerprint density at radius 2 is 1.24 bits per heavy atom. The van der Waals surface area contributed by atoms with Crippen LogP contribution in [0.15, 0.2) is 18.2 Å². The second-order valence-electron chi connectivity index (χ2n) is 5.22. The topological polar surface area (TPSA) is 17.1 Å². The molecule has 0 saturated carbocycles. The summed E-state index contributed by atoms with van der Waals surface area (Å²) in [4.78, 5) is 12.6. The average Bonchev–Trinajstić information content (AvgIpc) is 2.42. The molecule has 0 radical (unpaired) electrons. The third-order valence-electron chi connectivity index (χ3n) is 3.84. The van der Waals surface area contributed by atoms with Gasteiger partial charge >= 0.3 is 0 Å². The van der Waals surface area contributed by atoms with E-state index in [1.165, 1.54) is 0 Å². The van der Waals surface area contributed by atoms with Crippen LogP contribution in [0.4, 0.5) is 13.2 Å². The molecule has 0 bridgehead atoms. The number of ketones is 1. The van der Waals surface area contributed by atoms with Crippen molar-refractivity contribution in [2.45, 2.75) is 27.7 Å². The predicted molar refractivity (Wildman–Crippen MR) is 75.1 cm³/mol. The van der Waals surface area contributed by atoms with Gasteiger partial charge in [-0.25, -0.2) is 13.2 Å². The molecule has 0 N–H and O–H groups in total. The summed E-state index contributed by atoms with van der Waals surface area (Å²) in [5.41, 5.74) is 3.58. The first-order valence-electron chi connectivity index (χ1n) is 6.50. The van der Waals surface area contributed by atoms with Crippen molar-refractivity contribution in [2.24, 2.45) is 0 Å². The number of hydrogen-bond acceptors (Lipinski definition) is 1. The maximum Gasteiger partial charge on any atom is 0.194 e. The first-order chi connectivity index (χ1) is 9.73. The van der Waals surface area contributed by atoms with Crippen molar-refractivity contribution in [2.75, 3.05) is 0 Å². The number of hydrogen-bond donors (Lipinski definition) is 0. The Morgan fingerprint density at radius 3 is 1.67 bits per heavy atom. The van der Waals surface area contributed by atoms with Crippen LogP contribution in [0.5, 0.6) is 0 Å². The van der Waals surface area contributed by atoms with Crippen LogP contribution in [-0.2, 0) is 0 Å². The molecule has 0 amide bonds. The SMILES string of the molecule is Cc1cc(C)c(C)c(C(=O)c2cc(F)c(F)c(F)c2)c1C.